The topological polar surface area (TPSA) is 89.3 Å². The molecule has 0 fully saturated rings. The van der Waals surface area contributed by atoms with E-state index in [-0.39, 0.29) is 11.7 Å². The van der Waals surface area contributed by atoms with E-state index in [1.807, 2.05) is 24.3 Å². The van der Waals surface area contributed by atoms with Crippen molar-refractivity contribution in [1.29, 1.82) is 0 Å². The van der Waals surface area contributed by atoms with Crippen molar-refractivity contribution < 1.29 is 5.21 Å². The zero-order valence-electron chi connectivity index (χ0n) is 8.79. The molecule has 17 heavy (non-hydrogen) atoms. The lowest BCUT2D eigenvalue weighted by Gasteiger charge is -2.00. The molecule has 6 nitrogen and oxygen atoms in total. The Bertz CT molecular complexity index is 534. The van der Waals surface area contributed by atoms with Crippen LogP contribution in [0, 0.1) is 3.57 Å². The van der Waals surface area contributed by atoms with Gasteiger partial charge in [-0.3, -0.25) is 0 Å². The highest BCUT2D eigenvalue weighted by molar-refractivity contribution is 14.1. The Morgan fingerprint density at radius 3 is 2.76 bits per heavy atom. The number of nitrogens with two attached hydrogens (primary N) is 1. The van der Waals surface area contributed by atoms with Crippen LogP contribution in [0.5, 0.6) is 0 Å². The van der Waals surface area contributed by atoms with Crippen molar-refractivity contribution >= 4 is 28.4 Å². The zero-order valence-corrected chi connectivity index (χ0v) is 10.9. The molecule has 2 aromatic rings. The molecular formula is C10H10IN5O. The molecule has 0 aliphatic carbocycles. The Morgan fingerprint density at radius 2 is 2.12 bits per heavy atom. The minimum absolute atomic E-state index is 0.0913. The Labute approximate surface area is 111 Å². The van der Waals surface area contributed by atoms with Crippen LogP contribution in [0.2, 0.25) is 0 Å². The van der Waals surface area contributed by atoms with Crippen LogP contribution in [0.1, 0.15) is 11.4 Å². The summed E-state index contributed by atoms with van der Waals surface area (Å²) in [5.41, 5.74) is 6.49. The van der Waals surface area contributed by atoms with Crippen LogP contribution in [0.3, 0.4) is 0 Å². The molecule has 88 valence electrons. The van der Waals surface area contributed by atoms with Crippen LogP contribution in [-0.2, 0) is 6.54 Å². The predicted molar refractivity (Wildman–Crippen MR) is 70.8 cm³/mol. The van der Waals surface area contributed by atoms with Gasteiger partial charge in [0.15, 0.2) is 0 Å². The Morgan fingerprint density at radius 1 is 1.41 bits per heavy atom. The summed E-state index contributed by atoms with van der Waals surface area (Å²) < 4.78 is 2.82. The number of halogens is 1. The molecule has 0 amide bonds. The van der Waals surface area contributed by atoms with Crippen molar-refractivity contribution in [1.82, 2.24) is 14.8 Å². The quantitative estimate of drug-likeness (QED) is 0.286. The number of oxime groups is 1. The molecule has 1 aromatic carbocycles. The molecule has 0 unspecified atom stereocenters. The lowest BCUT2D eigenvalue weighted by Crippen LogP contribution is -2.15. The van der Waals surface area contributed by atoms with Gasteiger partial charge in [0.1, 0.15) is 6.33 Å². The summed E-state index contributed by atoms with van der Waals surface area (Å²) in [4.78, 5) is 3.94. The monoisotopic (exact) mass is 343 g/mol. The van der Waals surface area contributed by atoms with Crippen LogP contribution in [-0.4, -0.2) is 25.8 Å². The molecule has 0 aliphatic heterocycles. The molecule has 3 N–H and O–H groups in total. The van der Waals surface area contributed by atoms with E-state index < -0.39 is 0 Å². The molecule has 7 heteroatoms. The van der Waals surface area contributed by atoms with E-state index in [9.17, 15) is 0 Å². The second-order valence-electron chi connectivity index (χ2n) is 3.38. The van der Waals surface area contributed by atoms with Crippen molar-refractivity contribution in [3.05, 3.63) is 45.6 Å². The van der Waals surface area contributed by atoms with E-state index in [1.165, 1.54) is 3.57 Å². The van der Waals surface area contributed by atoms with E-state index in [1.54, 1.807) is 11.0 Å². The van der Waals surface area contributed by atoms with E-state index in [2.05, 4.69) is 37.8 Å². The average molecular weight is 343 g/mol. The van der Waals surface area contributed by atoms with Crippen LogP contribution in [0.4, 0.5) is 0 Å². The first-order valence-electron chi connectivity index (χ1n) is 4.81. The number of benzene rings is 1. The highest BCUT2D eigenvalue weighted by Gasteiger charge is 2.05. The van der Waals surface area contributed by atoms with Gasteiger partial charge in [-0.15, -0.1) is 5.10 Å². The van der Waals surface area contributed by atoms with Crippen molar-refractivity contribution in [2.24, 2.45) is 10.9 Å². The molecule has 0 saturated carbocycles. The molecule has 0 aliphatic rings. The van der Waals surface area contributed by atoms with Gasteiger partial charge in [-0.25, -0.2) is 9.67 Å². The molecule has 0 atom stereocenters. The van der Waals surface area contributed by atoms with Crippen molar-refractivity contribution in [2.75, 3.05) is 0 Å². The third kappa shape index (κ3) is 2.93. The summed E-state index contributed by atoms with van der Waals surface area (Å²) in [6, 6.07) is 8.09. The van der Waals surface area contributed by atoms with E-state index >= 15 is 0 Å². The third-order valence-electron chi connectivity index (χ3n) is 2.13. The summed E-state index contributed by atoms with van der Waals surface area (Å²) in [5.74, 6) is 0.129. The van der Waals surface area contributed by atoms with Crippen molar-refractivity contribution in [2.45, 2.75) is 6.54 Å². The molecule has 0 radical (unpaired) electrons. The number of rotatable bonds is 3. The van der Waals surface area contributed by atoms with Gasteiger partial charge in [0.2, 0.25) is 11.7 Å². The second kappa shape index (κ2) is 5.13. The van der Waals surface area contributed by atoms with Crippen molar-refractivity contribution in [3.8, 4) is 0 Å². The number of nitrogens with zero attached hydrogens (tertiary/aromatic N) is 4. The smallest absolute Gasteiger partial charge is 0.219 e. The molecule has 0 saturated heterocycles. The van der Waals surface area contributed by atoms with Crippen LogP contribution in [0.25, 0.3) is 0 Å². The summed E-state index contributed by atoms with van der Waals surface area (Å²) in [6.45, 7) is 0.600. The maximum atomic E-state index is 8.49. The summed E-state index contributed by atoms with van der Waals surface area (Å²) >= 11 is 2.25. The van der Waals surface area contributed by atoms with Gasteiger partial charge in [0.05, 0.1) is 6.54 Å². The van der Waals surface area contributed by atoms with Gasteiger partial charge < -0.3 is 10.9 Å². The highest BCUT2D eigenvalue weighted by atomic mass is 127. The molecule has 0 bridgehead atoms. The lowest BCUT2D eigenvalue weighted by molar-refractivity contribution is 0.318. The van der Waals surface area contributed by atoms with Gasteiger partial charge in [0, 0.05) is 3.57 Å². The molecule has 1 aromatic heterocycles. The summed E-state index contributed by atoms with van der Waals surface area (Å²) in [6.07, 6.45) is 1.55. The van der Waals surface area contributed by atoms with Gasteiger partial charge in [-0.05, 0) is 40.3 Å². The first-order chi connectivity index (χ1) is 8.19. The first kappa shape index (κ1) is 11.8. The number of aromatic nitrogens is 3. The highest BCUT2D eigenvalue weighted by Crippen LogP contribution is 2.07. The van der Waals surface area contributed by atoms with Gasteiger partial charge in [-0.1, -0.05) is 17.3 Å². The SMILES string of the molecule is NC(=NO)c1ncn(Cc2ccc(I)cc2)n1. The normalized spacial score (nSPS) is 11.7. The standard InChI is InChI=1S/C10H10IN5O/c11-8-3-1-7(2-4-8)5-16-6-13-10(14-16)9(12)15-17/h1-4,6,17H,5H2,(H2,12,15). The fourth-order valence-electron chi connectivity index (χ4n) is 1.31. The largest absolute Gasteiger partial charge is 0.409 e. The van der Waals surface area contributed by atoms with Crippen molar-refractivity contribution in [3.63, 3.8) is 0 Å². The van der Waals surface area contributed by atoms with Crippen LogP contribution < -0.4 is 5.73 Å². The van der Waals surface area contributed by atoms with Gasteiger partial charge >= 0.3 is 0 Å². The summed E-state index contributed by atoms with van der Waals surface area (Å²) in [5, 5.41) is 15.4. The second-order valence-corrected chi connectivity index (χ2v) is 4.62. The number of hydrogen-bond acceptors (Lipinski definition) is 4. The summed E-state index contributed by atoms with van der Waals surface area (Å²) in [7, 11) is 0. The third-order valence-corrected chi connectivity index (χ3v) is 2.85. The Balaban J connectivity index is 2.14. The maximum absolute atomic E-state index is 8.49. The van der Waals surface area contributed by atoms with Crippen LogP contribution >= 0.6 is 22.6 Å². The van der Waals surface area contributed by atoms with Crippen LogP contribution in [0.15, 0.2) is 35.7 Å². The Hall–Kier alpha value is -1.64. The molecular weight excluding hydrogens is 333 g/mol. The van der Waals surface area contributed by atoms with Gasteiger partial charge in [0.25, 0.3) is 0 Å². The molecule has 2 rings (SSSR count). The van der Waals surface area contributed by atoms with E-state index in [4.69, 9.17) is 10.9 Å². The Kier molecular flexibility index (Phi) is 3.57. The maximum Gasteiger partial charge on any atom is 0.219 e. The fraction of sp³-hybridized carbons (Fsp3) is 0.100. The van der Waals surface area contributed by atoms with Gasteiger partial charge in [-0.2, -0.15) is 0 Å². The number of hydrogen-bond donors (Lipinski definition) is 2. The predicted octanol–water partition coefficient (Wildman–Crippen LogP) is 1.03. The van der Waals surface area contributed by atoms with E-state index in [0.717, 1.165) is 5.56 Å². The average Bonchev–Trinajstić information content (AvgIpc) is 2.80. The minimum atomic E-state index is -0.0913. The molecule has 0 spiro atoms. The van der Waals surface area contributed by atoms with E-state index in [0.29, 0.717) is 6.54 Å². The molecule has 1 heterocycles. The zero-order chi connectivity index (χ0) is 12.3. The minimum Gasteiger partial charge on any atom is -0.409 e. The number of amidine groups is 1. The lowest BCUT2D eigenvalue weighted by atomic mass is 10.2. The fourth-order valence-corrected chi connectivity index (χ4v) is 1.67. The first-order valence-corrected chi connectivity index (χ1v) is 5.88.